The lowest BCUT2D eigenvalue weighted by atomic mass is 10.0. The van der Waals surface area contributed by atoms with Gasteiger partial charge in [-0.05, 0) is 71.9 Å². The Hall–Kier alpha value is -2.75. The molecule has 0 bridgehead atoms. The Morgan fingerprint density at radius 3 is 2.46 bits per heavy atom. The van der Waals surface area contributed by atoms with Crippen molar-refractivity contribution in [2.45, 2.75) is 72.5 Å². The molecule has 3 aromatic heterocycles. The van der Waals surface area contributed by atoms with Crippen molar-refractivity contribution in [2.24, 2.45) is 4.99 Å². The lowest BCUT2D eigenvalue weighted by Crippen LogP contribution is -2.33. The topological polar surface area (TPSA) is 155 Å². The SMILES string of the molecule is COc1cnc(Cl)cc1-c1cc(C)ncc1C(=O)/N=c1\sc(OC[C@H]2COCCO2)nn1COP(=O)(OC(C)(C)C)OC(C)(C)C. The van der Waals surface area contributed by atoms with Gasteiger partial charge < -0.3 is 18.9 Å². The third-order valence-electron chi connectivity index (χ3n) is 5.80. The number of aryl methyl sites for hydroxylation is 1. The molecule has 1 saturated heterocycles. The second-order valence-electron chi connectivity index (χ2n) is 12.1. The lowest BCUT2D eigenvalue weighted by molar-refractivity contribution is -0.101. The highest BCUT2D eigenvalue weighted by Crippen LogP contribution is 2.55. The minimum absolute atomic E-state index is 0.0881. The van der Waals surface area contributed by atoms with Gasteiger partial charge >= 0.3 is 7.82 Å². The van der Waals surface area contributed by atoms with E-state index in [0.29, 0.717) is 42.4 Å². The fourth-order valence-corrected chi connectivity index (χ4v) is 6.71. The van der Waals surface area contributed by atoms with Crippen LogP contribution >= 0.6 is 30.8 Å². The molecular formula is C29H39ClN5O9PS. The Labute approximate surface area is 276 Å². The second-order valence-corrected chi connectivity index (χ2v) is 15.0. The predicted molar refractivity (Wildman–Crippen MR) is 170 cm³/mol. The van der Waals surface area contributed by atoms with Crippen LogP contribution in [0.3, 0.4) is 0 Å². The first kappa shape index (κ1) is 36.1. The average molecular weight is 700 g/mol. The largest absolute Gasteiger partial charge is 0.494 e. The number of methoxy groups -OCH3 is 1. The molecule has 46 heavy (non-hydrogen) atoms. The number of phosphoric ester groups is 1. The van der Waals surface area contributed by atoms with Crippen molar-refractivity contribution < 1.29 is 41.9 Å². The Morgan fingerprint density at radius 1 is 1.11 bits per heavy atom. The minimum Gasteiger partial charge on any atom is -0.494 e. The van der Waals surface area contributed by atoms with Crippen molar-refractivity contribution in [1.82, 2.24) is 19.7 Å². The normalized spacial score (nSPS) is 16.5. The average Bonchev–Trinajstić information content (AvgIpc) is 3.34. The number of hydrogen-bond acceptors (Lipinski definition) is 13. The van der Waals surface area contributed by atoms with Gasteiger partial charge in [0.25, 0.3) is 11.1 Å². The number of pyridine rings is 2. The van der Waals surface area contributed by atoms with Crippen molar-refractivity contribution in [3.8, 4) is 22.1 Å². The van der Waals surface area contributed by atoms with Crippen molar-refractivity contribution in [1.29, 1.82) is 0 Å². The summed E-state index contributed by atoms with van der Waals surface area (Å²) in [6.07, 6.45) is 2.59. The number of hydrogen-bond donors (Lipinski definition) is 0. The molecule has 1 amide bonds. The lowest BCUT2D eigenvalue weighted by Gasteiger charge is -2.30. The Kier molecular flexibility index (Phi) is 11.8. The van der Waals surface area contributed by atoms with Crippen LogP contribution in [-0.4, -0.2) is 76.5 Å². The maximum atomic E-state index is 13.8. The van der Waals surface area contributed by atoms with E-state index in [4.69, 9.17) is 44.1 Å². The molecule has 14 nitrogen and oxygen atoms in total. The summed E-state index contributed by atoms with van der Waals surface area (Å²) in [6.45, 7) is 13.2. The molecule has 4 rings (SSSR count). The van der Waals surface area contributed by atoms with Crippen molar-refractivity contribution in [3.05, 3.63) is 45.7 Å². The van der Waals surface area contributed by atoms with E-state index in [2.05, 4.69) is 20.1 Å². The number of phosphoric acid groups is 1. The quantitative estimate of drug-likeness (QED) is 0.180. The summed E-state index contributed by atoms with van der Waals surface area (Å²) in [4.78, 5) is 26.6. The highest BCUT2D eigenvalue weighted by molar-refractivity contribution is 7.48. The zero-order valence-corrected chi connectivity index (χ0v) is 29.5. The van der Waals surface area contributed by atoms with Crippen LogP contribution in [0.25, 0.3) is 11.1 Å². The summed E-state index contributed by atoms with van der Waals surface area (Å²) in [5, 5.41) is 4.80. The Morgan fingerprint density at radius 2 is 1.83 bits per heavy atom. The zero-order chi connectivity index (χ0) is 33.7. The smallest absolute Gasteiger partial charge is 0.477 e. The fraction of sp³-hybridized carbons (Fsp3) is 0.552. The van der Waals surface area contributed by atoms with E-state index in [-0.39, 0.29) is 33.4 Å². The fourth-order valence-electron chi connectivity index (χ4n) is 4.07. The summed E-state index contributed by atoms with van der Waals surface area (Å²) in [6, 6.07) is 3.32. The van der Waals surface area contributed by atoms with Crippen LogP contribution in [0.4, 0.5) is 0 Å². The number of aromatic nitrogens is 4. The number of rotatable bonds is 11. The standard InChI is InChI=1S/C29H39ClN5O9PS/c1-18-11-20(21-12-24(30)32-14-23(21)38-8)22(13-31-18)25(36)33-26-35(34-27(46-26)41-16-19-15-39-9-10-40-19)17-42-45(37,43-28(2,3)4)44-29(5,6)7/h11-14,19H,9-10,15-17H2,1-8H3/b33-26-/t19-/m1/s1. The van der Waals surface area contributed by atoms with Gasteiger partial charge in [-0.2, -0.15) is 4.99 Å². The van der Waals surface area contributed by atoms with Gasteiger partial charge in [-0.3, -0.25) is 23.3 Å². The van der Waals surface area contributed by atoms with Crippen LogP contribution in [-0.2, 0) is 34.3 Å². The second kappa shape index (κ2) is 15.0. The third-order valence-corrected chi connectivity index (χ3v) is 8.84. The molecule has 0 saturated carbocycles. The first-order valence-electron chi connectivity index (χ1n) is 14.4. The molecule has 4 heterocycles. The first-order valence-corrected chi connectivity index (χ1v) is 17.0. The molecule has 0 N–H and O–H groups in total. The predicted octanol–water partition coefficient (Wildman–Crippen LogP) is 5.62. The molecule has 0 aromatic carbocycles. The van der Waals surface area contributed by atoms with Crippen LogP contribution < -0.4 is 14.3 Å². The molecular weight excluding hydrogens is 661 g/mol. The zero-order valence-electron chi connectivity index (χ0n) is 27.1. The van der Waals surface area contributed by atoms with E-state index < -0.39 is 31.7 Å². The monoisotopic (exact) mass is 699 g/mol. The molecule has 0 radical (unpaired) electrons. The Bertz CT molecular complexity index is 1620. The van der Waals surface area contributed by atoms with E-state index in [1.165, 1.54) is 24.2 Å². The van der Waals surface area contributed by atoms with Crippen LogP contribution in [0.2, 0.25) is 5.15 Å². The summed E-state index contributed by atoms with van der Waals surface area (Å²) >= 11 is 7.18. The number of carbonyl (C=O) groups is 1. The molecule has 0 spiro atoms. The van der Waals surface area contributed by atoms with Crippen LogP contribution in [0.5, 0.6) is 10.9 Å². The van der Waals surface area contributed by atoms with Crippen LogP contribution in [0, 0.1) is 6.92 Å². The van der Waals surface area contributed by atoms with Crippen molar-refractivity contribution in [2.75, 3.05) is 33.5 Å². The van der Waals surface area contributed by atoms with Gasteiger partial charge in [-0.1, -0.05) is 11.6 Å². The third kappa shape index (κ3) is 10.4. The van der Waals surface area contributed by atoms with Crippen molar-refractivity contribution in [3.63, 3.8) is 0 Å². The number of nitrogens with zero attached hydrogens (tertiary/aromatic N) is 5. The number of carbonyl (C=O) groups excluding carboxylic acids is 1. The molecule has 0 unspecified atom stereocenters. The highest BCUT2D eigenvalue weighted by Gasteiger charge is 2.37. The summed E-state index contributed by atoms with van der Waals surface area (Å²) in [5.74, 6) is -0.242. The van der Waals surface area contributed by atoms with E-state index in [1.54, 1.807) is 60.6 Å². The molecule has 1 aliphatic heterocycles. The van der Waals surface area contributed by atoms with E-state index >= 15 is 0 Å². The van der Waals surface area contributed by atoms with Gasteiger partial charge in [-0.25, -0.2) is 14.2 Å². The minimum atomic E-state index is -4.14. The van der Waals surface area contributed by atoms with Gasteiger partial charge in [0.15, 0.2) is 6.73 Å². The van der Waals surface area contributed by atoms with Crippen molar-refractivity contribution >= 4 is 36.7 Å². The number of halogens is 1. The maximum Gasteiger partial charge on any atom is 0.477 e. The van der Waals surface area contributed by atoms with E-state index in [1.807, 2.05) is 0 Å². The highest BCUT2D eigenvalue weighted by atomic mass is 35.5. The van der Waals surface area contributed by atoms with Gasteiger partial charge in [0.2, 0.25) is 4.80 Å². The summed E-state index contributed by atoms with van der Waals surface area (Å²) < 4.78 is 54.6. The molecule has 0 aliphatic carbocycles. The summed E-state index contributed by atoms with van der Waals surface area (Å²) in [7, 11) is -2.65. The van der Waals surface area contributed by atoms with Gasteiger partial charge in [0.1, 0.15) is 23.6 Å². The molecule has 3 aromatic rings. The van der Waals surface area contributed by atoms with Gasteiger partial charge in [-0.15, -0.1) is 5.10 Å². The molecule has 1 atom stereocenters. The molecule has 1 aliphatic rings. The molecule has 252 valence electrons. The van der Waals surface area contributed by atoms with Gasteiger partial charge in [0.05, 0.1) is 49.9 Å². The Balaban J connectivity index is 1.73. The van der Waals surface area contributed by atoms with E-state index in [0.717, 1.165) is 11.3 Å². The molecule has 17 heteroatoms. The van der Waals surface area contributed by atoms with Crippen LogP contribution in [0.15, 0.2) is 29.5 Å². The molecule has 1 fully saturated rings. The number of amides is 1. The summed E-state index contributed by atoms with van der Waals surface area (Å²) in [5.41, 5.74) is 0.117. The maximum absolute atomic E-state index is 13.8. The van der Waals surface area contributed by atoms with Crippen LogP contribution in [0.1, 0.15) is 57.6 Å². The van der Waals surface area contributed by atoms with E-state index in [9.17, 15) is 9.36 Å². The number of ether oxygens (including phenoxy) is 4. The first-order chi connectivity index (χ1) is 21.5. The van der Waals surface area contributed by atoms with Gasteiger partial charge in [0, 0.05) is 23.0 Å².